The predicted molar refractivity (Wildman–Crippen MR) is 64.6 cm³/mol. The molecule has 16 heavy (non-hydrogen) atoms. The standard InChI is InChI=1S/C11H14BrNO3/c1-6-3-7(11(16)8(12)4-6)9(13-2)5-10(14)15/h3-4,9,13,16H,5H2,1-2H3,(H,14,15)/t9-/m0/s1. The van der Waals surface area contributed by atoms with E-state index in [1.54, 1.807) is 19.2 Å². The van der Waals surface area contributed by atoms with Gasteiger partial charge in [-0.25, -0.2) is 0 Å². The van der Waals surface area contributed by atoms with Gasteiger partial charge < -0.3 is 15.5 Å². The van der Waals surface area contributed by atoms with E-state index in [1.165, 1.54) is 0 Å². The van der Waals surface area contributed by atoms with Crippen molar-refractivity contribution in [3.8, 4) is 5.75 Å². The molecule has 88 valence electrons. The molecule has 0 heterocycles. The van der Waals surface area contributed by atoms with Gasteiger partial charge in [0.2, 0.25) is 0 Å². The number of carbonyl (C=O) groups is 1. The summed E-state index contributed by atoms with van der Waals surface area (Å²) >= 11 is 3.24. The Morgan fingerprint density at radius 2 is 2.19 bits per heavy atom. The van der Waals surface area contributed by atoms with Gasteiger partial charge in [-0.05, 0) is 41.5 Å². The number of hydrogen-bond acceptors (Lipinski definition) is 3. The maximum absolute atomic E-state index is 10.7. The van der Waals surface area contributed by atoms with E-state index in [1.807, 2.05) is 6.92 Å². The highest BCUT2D eigenvalue weighted by Crippen LogP contribution is 2.34. The van der Waals surface area contributed by atoms with Gasteiger partial charge in [-0.15, -0.1) is 0 Å². The van der Waals surface area contributed by atoms with E-state index in [2.05, 4.69) is 21.2 Å². The number of phenolic OH excluding ortho intramolecular Hbond substituents is 1. The molecular formula is C11H14BrNO3. The van der Waals surface area contributed by atoms with Gasteiger partial charge in [-0.2, -0.15) is 0 Å². The van der Waals surface area contributed by atoms with E-state index in [4.69, 9.17) is 5.11 Å². The molecule has 0 bridgehead atoms. The van der Waals surface area contributed by atoms with Gasteiger partial charge in [0.05, 0.1) is 10.9 Å². The largest absolute Gasteiger partial charge is 0.506 e. The van der Waals surface area contributed by atoms with Gasteiger partial charge in [0, 0.05) is 11.6 Å². The van der Waals surface area contributed by atoms with Crippen LogP contribution in [0.3, 0.4) is 0 Å². The minimum Gasteiger partial charge on any atom is -0.506 e. The Balaban J connectivity index is 3.13. The molecule has 0 aliphatic heterocycles. The van der Waals surface area contributed by atoms with Gasteiger partial charge >= 0.3 is 5.97 Å². The fourth-order valence-corrected chi connectivity index (χ4v) is 2.16. The molecule has 4 nitrogen and oxygen atoms in total. The summed E-state index contributed by atoms with van der Waals surface area (Å²) in [5.41, 5.74) is 1.56. The summed E-state index contributed by atoms with van der Waals surface area (Å²) in [5, 5.41) is 21.5. The van der Waals surface area contributed by atoms with Crippen molar-refractivity contribution < 1.29 is 15.0 Å². The third-order valence-electron chi connectivity index (χ3n) is 2.34. The molecule has 0 aliphatic carbocycles. The van der Waals surface area contributed by atoms with Crippen molar-refractivity contribution >= 4 is 21.9 Å². The van der Waals surface area contributed by atoms with Crippen molar-refractivity contribution in [3.63, 3.8) is 0 Å². The van der Waals surface area contributed by atoms with Gasteiger partial charge in [-0.3, -0.25) is 4.79 Å². The average molecular weight is 288 g/mol. The summed E-state index contributed by atoms with van der Waals surface area (Å²) in [6.45, 7) is 1.89. The fraction of sp³-hybridized carbons (Fsp3) is 0.364. The first-order valence-corrected chi connectivity index (χ1v) is 5.63. The molecule has 0 unspecified atom stereocenters. The second kappa shape index (κ2) is 5.32. The molecular weight excluding hydrogens is 274 g/mol. The number of aliphatic carboxylic acids is 1. The molecule has 1 aromatic carbocycles. The SMILES string of the molecule is CN[C@@H](CC(=O)O)c1cc(C)cc(Br)c1O. The molecule has 1 aromatic rings. The Bertz CT molecular complexity index is 406. The van der Waals surface area contributed by atoms with Crippen LogP contribution in [0.15, 0.2) is 16.6 Å². The van der Waals surface area contributed by atoms with Crippen LogP contribution in [0.5, 0.6) is 5.75 Å². The number of hydrogen-bond donors (Lipinski definition) is 3. The zero-order valence-electron chi connectivity index (χ0n) is 9.12. The molecule has 1 rings (SSSR count). The number of halogens is 1. The molecule has 5 heteroatoms. The predicted octanol–water partition coefficient (Wildman–Crippen LogP) is 2.20. The summed E-state index contributed by atoms with van der Waals surface area (Å²) in [5.74, 6) is -0.817. The highest BCUT2D eigenvalue weighted by Gasteiger charge is 2.18. The topological polar surface area (TPSA) is 69.6 Å². The smallest absolute Gasteiger partial charge is 0.305 e. The van der Waals surface area contributed by atoms with Crippen LogP contribution in [0.1, 0.15) is 23.6 Å². The van der Waals surface area contributed by atoms with Crippen LogP contribution in [0, 0.1) is 6.92 Å². The summed E-state index contributed by atoms with van der Waals surface area (Å²) in [6, 6.07) is 3.17. The number of aromatic hydroxyl groups is 1. The zero-order valence-corrected chi connectivity index (χ0v) is 10.7. The molecule has 0 amide bonds. The summed E-state index contributed by atoms with van der Waals surface area (Å²) in [7, 11) is 1.67. The van der Waals surface area contributed by atoms with E-state index in [0.717, 1.165) is 5.56 Å². The van der Waals surface area contributed by atoms with E-state index in [0.29, 0.717) is 10.0 Å². The maximum Gasteiger partial charge on any atom is 0.305 e. The van der Waals surface area contributed by atoms with Crippen LogP contribution < -0.4 is 5.32 Å². The first-order valence-electron chi connectivity index (χ1n) is 4.83. The van der Waals surface area contributed by atoms with Crippen LogP contribution in [0.2, 0.25) is 0 Å². The minimum absolute atomic E-state index is 0.0695. The van der Waals surface area contributed by atoms with Crippen molar-refractivity contribution in [3.05, 3.63) is 27.7 Å². The monoisotopic (exact) mass is 287 g/mol. The number of carboxylic acid groups (broad SMARTS) is 1. The second-order valence-corrected chi connectivity index (χ2v) is 4.48. The zero-order chi connectivity index (χ0) is 12.3. The van der Waals surface area contributed by atoms with Crippen LogP contribution in [-0.4, -0.2) is 23.2 Å². The van der Waals surface area contributed by atoms with Crippen molar-refractivity contribution in [1.29, 1.82) is 0 Å². The first-order chi connectivity index (χ1) is 7.45. The molecule has 0 radical (unpaired) electrons. The molecule has 0 saturated heterocycles. The van der Waals surface area contributed by atoms with E-state index >= 15 is 0 Å². The lowest BCUT2D eigenvalue weighted by Crippen LogP contribution is -2.20. The Kier molecular flexibility index (Phi) is 4.32. The number of aryl methyl sites for hydroxylation is 1. The molecule has 0 saturated carbocycles. The van der Waals surface area contributed by atoms with Gasteiger partial charge in [0.15, 0.2) is 0 Å². The van der Waals surface area contributed by atoms with E-state index < -0.39 is 12.0 Å². The summed E-state index contributed by atoms with van der Waals surface area (Å²) in [6.07, 6.45) is -0.0695. The Morgan fingerprint density at radius 3 is 2.69 bits per heavy atom. The lowest BCUT2D eigenvalue weighted by molar-refractivity contribution is -0.137. The fourth-order valence-electron chi connectivity index (χ4n) is 1.57. The van der Waals surface area contributed by atoms with Crippen LogP contribution in [0.25, 0.3) is 0 Å². The molecule has 0 aliphatic rings. The number of carboxylic acids is 1. The highest BCUT2D eigenvalue weighted by atomic mass is 79.9. The Labute approximate surface area is 102 Å². The highest BCUT2D eigenvalue weighted by molar-refractivity contribution is 9.10. The number of rotatable bonds is 4. The quantitative estimate of drug-likeness (QED) is 0.794. The maximum atomic E-state index is 10.7. The number of nitrogens with one attached hydrogen (secondary N) is 1. The van der Waals surface area contributed by atoms with Crippen molar-refractivity contribution in [2.75, 3.05) is 7.05 Å². The third kappa shape index (κ3) is 2.96. The second-order valence-electron chi connectivity index (χ2n) is 3.62. The third-order valence-corrected chi connectivity index (χ3v) is 2.94. The average Bonchev–Trinajstić information content (AvgIpc) is 2.20. The van der Waals surface area contributed by atoms with Crippen molar-refractivity contribution in [2.45, 2.75) is 19.4 Å². The number of phenols is 1. The number of benzene rings is 1. The minimum atomic E-state index is -0.906. The summed E-state index contributed by atoms with van der Waals surface area (Å²) in [4.78, 5) is 10.7. The lowest BCUT2D eigenvalue weighted by atomic mass is 10.0. The van der Waals surface area contributed by atoms with Crippen LogP contribution in [-0.2, 0) is 4.79 Å². The molecule has 0 spiro atoms. The van der Waals surface area contributed by atoms with Gasteiger partial charge in [-0.1, -0.05) is 6.07 Å². The summed E-state index contributed by atoms with van der Waals surface area (Å²) < 4.78 is 0.577. The first kappa shape index (κ1) is 13.0. The molecule has 3 N–H and O–H groups in total. The normalized spacial score (nSPS) is 12.4. The van der Waals surface area contributed by atoms with E-state index in [-0.39, 0.29) is 12.2 Å². The van der Waals surface area contributed by atoms with E-state index in [9.17, 15) is 9.90 Å². The Morgan fingerprint density at radius 1 is 1.56 bits per heavy atom. The Hall–Kier alpha value is -1.07. The van der Waals surface area contributed by atoms with Crippen LogP contribution in [0.4, 0.5) is 0 Å². The molecule has 0 aromatic heterocycles. The molecule has 0 fully saturated rings. The van der Waals surface area contributed by atoms with Gasteiger partial charge in [0.25, 0.3) is 0 Å². The van der Waals surface area contributed by atoms with Crippen molar-refractivity contribution in [2.24, 2.45) is 0 Å². The van der Waals surface area contributed by atoms with Crippen molar-refractivity contribution in [1.82, 2.24) is 5.32 Å². The molecule has 1 atom stereocenters. The van der Waals surface area contributed by atoms with Gasteiger partial charge in [0.1, 0.15) is 5.75 Å². The van der Waals surface area contributed by atoms with Crippen LogP contribution >= 0.6 is 15.9 Å². The lowest BCUT2D eigenvalue weighted by Gasteiger charge is -2.17.